The van der Waals surface area contributed by atoms with E-state index < -0.39 is 5.91 Å². The number of nitrogens with zero attached hydrogens (tertiary/aromatic N) is 1. The van der Waals surface area contributed by atoms with Crippen molar-refractivity contribution in [3.05, 3.63) is 0 Å². The van der Waals surface area contributed by atoms with Crippen molar-refractivity contribution in [2.75, 3.05) is 6.54 Å². The maximum absolute atomic E-state index is 11.0. The number of hydrogen-bond acceptors (Lipinski definition) is 2. The van der Waals surface area contributed by atoms with Crippen LogP contribution in [0.3, 0.4) is 0 Å². The van der Waals surface area contributed by atoms with Gasteiger partial charge >= 0.3 is 0 Å². The van der Waals surface area contributed by atoms with Crippen LogP contribution in [0.1, 0.15) is 19.8 Å². The predicted octanol–water partition coefficient (Wildman–Crippen LogP) is -0.517. The minimum absolute atomic E-state index is 0.0382. The minimum atomic E-state index is -0.391. The first-order valence-corrected chi connectivity index (χ1v) is 3.75. The molecule has 0 aliphatic carbocycles. The molecule has 62 valence electrons. The van der Waals surface area contributed by atoms with Crippen LogP contribution in [0.2, 0.25) is 0 Å². The Hall–Kier alpha value is -1.06. The van der Waals surface area contributed by atoms with Crippen molar-refractivity contribution in [2.24, 2.45) is 5.73 Å². The smallest absolute Gasteiger partial charge is 0.240 e. The lowest BCUT2D eigenvalue weighted by Gasteiger charge is -2.19. The van der Waals surface area contributed by atoms with E-state index in [-0.39, 0.29) is 11.9 Å². The van der Waals surface area contributed by atoms with Gasteiger partial charge in [-0.05, 0) is 13.3 Å². The zero-order chi connectivity index (χ0) is 8.43. The molecule has 11 heavy (non-hydrogen) atoms. The van der Waals surface area contributed by atoms with E-state index in [1.54, 1.807) is 0 Å². The monoisotopic (exact) mass is 156 g/mol. The van der Waals surface area contributed by atoms with Gasteiger partial charge in [-0.15, -0.1) is 0 Å². The summed E-state index contributed by atoms with van der Waals surface area (Å²) in [5.41, 5.74) is 5.09. The Labute approximate surface area is 65.3 Å². The van der Waals surface area contributed by atoms with Crippen molar-refractivity contribution in [1.82, 2.24) is 4.90 Å². The second-order valence-electron chi connectivity index (χ2n) is 2.64. The maximum atomic E-state index is 11.0. The molecule has 2 N–H and O–H groups in total. The van der Waals surface area contributed by atoms with E-state index in [0.29, 0.717) is 19.4 Å². The third-order valence-corrected chi connectivity index (χ3v) is 2.00. The lowest BCUT2D eigenvalue weighted by molar-refractivity contribution is -0.133. The number of carbonyl (C=O) groups is 2. The van der Waals surface area contributed by atoms with E-state index in [9.17, 15) is 9.59 Å². The van der Waals surface area contributed by atoms with Gasteiger partial charge < -0.3 is 10.6 Å². The highest BCUT2D eigenvalue weighted by atomic mass is 16.2. The zero-order valence-corrected chi connectivity index (χ0v) is 6.54. The Balaban J connectivity index is 2.68. The molecule has 0 aromatic rings. The number of nitrogens with two attached hydrogens (primary N) is 1. The van der Waals surface area contributed by atoms with Crippen LogP contribution in [0, 0.1) is 0 Å². The molecular weight excluding hydrogens is 144 g/mol. The van der Waals surface area contributed by atoms with Crippen molar-refractivity contribution < 1.29 is 9.59 Å². The largest absolute Gasteiger partial charge is 0.368 e. The molecule has 4 nitrogen and oxygen atoms in total. The SMILES string of the molecule is CCN1C(=O)CC[C@H]1C(N)=O. The predicted molar refractivity (Wildman–Crippen MR) is 39.6 cm³/mol. The highest BCUT2D eigenvalue weighted by Gasteiger charge is 2.33. The van der Waals surface area contributed by atoms with Crippen LogP contribution < -0.4 is 5.73 Å². The van der Waals surface area contributed by atoms with Crippen molar-refractivity contribution >= 4 is 11.8 Å². The Morgan fingerprint density at radius 1 is 1.82 bits per heavy atom. The summed E-state index contributed by atoms with van der Waals surface area (Å²) in [4.78, 5) is 23.3. The molecule has 0 radical (unpaired) electrons. The van der Waals surface area contributed by atoms with Crippen LogP contribution in [-0.4, -0.2) is 29.3 Å². The molecule has 0 spiro atoms. The molecule has 0 aromatic carbocycles. The van der Waals surface area contributed by atoms with Gasteiger partial charge in [-0.2, -0.15) is 0 Å². The van der Waals surface area contributed by atoms with E-state index in [1.807, 2.05) is 6.92 Å². The second-order valence-corrected chi connectivity index (χ2v) is 2.64. The molecule has 1 aliphatic rings. The van der Waals surface area contributed by atoms with Gasteiger partial charge in [0.25, 0.3) is 0 Å². The third kappa shape index (κ3) is 1.34. The molecule has 1 atom stereocenters. The maximum Gasteiger partial charge on any atom is 0.240 e. The number of likely N-dealkylation sites (N-methyl/N-ethyl adjacent to an activating group) is 1. The van der Waals surface area contributed by atoms with Gasteiger partial charge in [0.2, 0.25) is 11.8 Å². The molecule has 1 rings (SSSR count). The van der Waals surface area contributed by atoms with Crippen LogP contribution in [0.5, 0.6) is 0 Å². The number of likely N-dealkylation sites (tertiary alicyclic amines) is 1. The number of hydrogen-bond donors (Lipinski definition) is 1. The Kier molecular flexibility index (Phi) is 2.12. The van der Waals surface area contributed by atoms with Gasteiger partial charge in [0.05, 0.1) is 0 Å². The van der Waals surface area contributed by atoms with E-state index in [4.69, 9.17) is 5.73 Å². The fourth-order valence-corrected chi connectivity index (χ4v) is 1.43. The molecule has 0 bridgehead atoms. The summed E-state index contributed by atoms with van der Waals surface area (Å²) in [7, 11) is 0. The van der Waals surface area contributed by atoms with E-state index in [2.05, 4.69) is 0 Å². The molecule has 1 aliphatic heterocycles. The molecule has 0 unspecified atom stereocenters. The summed E-state index contributed by atoms with van der Waals surface area (Å²) in [5.74, 6) is -0.353. The number of amides is 2. The lowest BCUT2D eigenvalue weighted by atomic mass is 10.2. The lowest BCUT2D eigenvalue weighted by Crippen LogP contribution is -2.41. The van der Waals surface area contributed by atoms with Crippen molar-refractivity contribution in [3.63, 3.8) is 0 Å². The van der Waals surface area contributed by atoms with Crippen LogP contribution in [0.15, 0.2) is 0 Å². The number of primary amides is 1. The summed E-state index contributed by atoms with van der Waals surface area (Å²) >= 11 is 0. The molecule has 1 fully saturated rings. The average Bonchev–Trinajstić information content (AvgIpc) is 2.30. The van der Waals surface area contributed by atoms with Gasteiger partial charge in [-0.3, -0.25) is 9.59 Å². The van der Waals surface area contributed by atoms with Gasteiger partial charge in [-0.25, -0.2) is 0 Å². The summed E-state index contributed by atoms with van der Waals surface area (Å²) in [6.45, 7) is 2.42. The normalized spacial score (nSPS) is 24.3. The Morgan fingerprint density at radius 3 is 2.82 bits per heavy atom. The fraction of sp³-hybridized carbons (Fsp3) is 0.714. The van der Waals surface area contributed by atoms with Gasteiger partial charge in [-0.1, -0.05) is 0 Å². The van der Waals surface area contributed by atoms with Crippen LogP contribution in [0.25, 0.3) is 0 Å². The molecule has 1 heterocycles. The summed E-state index contributed by atoms with van der Waals surface area (Å²) in [5, 5.41) is 0. The van der Waals surface area contributed by atoms with E-state index in [0.717, 1.165) is 0 Å². The standard InChI is InChI=1S/C7H12N2O2/c1-2-9-5(7(8)11)3-4-6(9)10/h5H,2-4H2,1H3,(H2,8,11)/t5-/m0/s1. The number of carbonyl (C=O) groups excluding carboxylic acids is 2. The molecule has 1 saturated heterocycles. The van der Waals surface area contributed by atoms with E-state index >= 15 is 0 Å². The molecule has 2 amide bonds. The first-order chi connectivity index (χ1) is 5.16. The first-order valence-electron chi connectivity index (χ1n) is 3.75. The topological polar surface area (TPSA) is 63.4 Å². The minimum Gasteiger partial charge on any atom is -0.368 e. The van der Waals surface area contributed by atoms with Crippen molar-refractivity contribution in [3.8, 4) is 0 Å². The molecule has 4 heteroatoms. The van der Waals surface area contributed by atoms with Gasteiger partial charge in [0.15, 0.2) is 0 Å². The molecule has 0 saturated carbocycles. The zero-order valence-electron chi connectivity index (χ0n) is 6.54. The first kappa shape index (κ1) is 8.04. The third-order valence-electron chi connectivity index (χ3n) is 2.00. The Bertz CT molecular complexity index is 191. The molecular formula is C7H12N2O2. The van der Waals surface area contributed by atoms with Crippen LogP contribution in [0.4, 0.5) is 0 Å². The quantitative estimate of drug-likeness (QED) is 0.584. The summed E-state index contributed by atoms with van der Waals surface area (Å²) < 4.78 is 0. The van der Waals surface area contributed by atoms with Crippen LogP contribution in [-0.2, 0) is 9.59 Å². The van der Waals surface area contributed by atoms with Crippen LogP contribution >= 0.6 is 0 Å². The van der Waals surface area contributed by atoms with Crippen molar-refractivity contribution in [1.29, 1.82) is 0 Å². The molecule has 0 aromatic heterocycles. The summed E-state index contributed by atoms with van der Waals surface area (Å²) in [6.07, 6.45) is 1.05. The number of rotatable bonds is 2. The highest BCUT2D eigenvalue weighted by Crippen LogP contribution is 2.17. The fourth-order valence-electron chi connectivity index (χ4n) is 1.43. The van der Waals surface area contributed by atoms with Gasteiger partial charge in [0.1, 0.15) is 6.04 Å². The average molecular weight is 156 g/mol. The second kappa shape index (κ2) is 2.90. The highest BCUT2D eigenvalue weighted by molar-refractivity contribution is 5.89. The van der Waals surface area contributed by atoms with Crippen molar-refractivity contribution in [2.45, 2.75) is 25.8 Å². The van der Waals surface area contributed by atoms with E-state index in [1.165, 1.54) is 4.90 Å². The summed E-state index contributed by atoms with van der Waals surface area (Å²) in [6, 6.07) is -0.354. The van der Waals surface area contributed by atoms with Gasteiger partial charge in [0, 0.05) is 13.0 Å². The Morgan fingerprint density at radius 2 is 2.45 bits per heavy atom.